The summed E-state index contributed by atoms with van der Waals surface area (Å²) in [5.74, 6) is 11.2. The average Bonchev–Trinajstić information content (AvgIpc) is 2.59. The van der Waals surface area contributed by atoms with Crippen LogP contribution in [0.4, 0.5) is 0 Å². The highest BCUT2D eigenvalue weighted by Crippen LogP contribution is 2.16. The summed E-state index contributed by atoms with van der Waals surface area (Å²) in [5, 5.41) is 0. The molecule has 0 amide bonds. The predicted octanol–water partition coefficient (Wildman–Crippen LogP) is 7.61. The summed E-state index contributed by atoms with van der Waals surface area (Å²) >= 11 is 8.79. The van der Waals surface area contributed by atoms with Gasteiger partial charge in [-0.15, -0.1) is 0 Å². The molecule has 1 rings (SSSR count). The van der Waals surface area contributed by atoms with E-state index in [4.69, 9.17) is 0 Å². The summed E-state index contributed by atoms with van der Waals surface area (Å²) in [6.07, 6.45) is 17.3. The molecule has 0 spiro atoms. The van der Waals surface area contributed by atoms with Crippen LogP contribution in [0.5, 0.6) is 0 Å². The summed E-state index contributed by atoms with van der Waals surface area (Å²) in [7, 11) is 0. The zero-order valence-corrected chi connectivity index (χ0v) is 19.0. The Morgan fingerprint density at radius 2 is 0.375 bits per heavy atom. The van der Waals surface area contributed by atoms with Gasteiger partial charge in [-0.2, -0.15) is 47.0 Å². The fraction of sp³-hybridized carbons (Fsp3) is 1.00. The first-order chi connectivity index (χ1) is 12.0. The molecule has 0 bridgehead atoms. The summed E-state index contributed by atoms with van der Waals surface area (Å²) in [6, 6.07) is 0. The summed E-state index contributed by atoms with van der Waals surface area (Å²) < 4.78 is 0. The lowest BCUT2D eigenvalue weighted by Gasteiger charge is -2.05. The molecular weight excluding hydrogens is 368 g/mol. The first-order valence-electron chi connectivity index (χ1n) is 10.3. The Hall–Kier alpha value is 1.40. The van der Waals surface area contributed by atoms with Crippen LogP contribution in [0.25, 0.3) is 0 Å². The molecule has 0 aromatic heterocycles. The van der Waals surface area contributed by atoms with E-state index in [-0.39, 0.29) is 0 Å². The molecule has 0 N–H and O–H groups in total. The lowest BCUT2D eigenvalue weighted by atomic mass is 10.3. The van der Waals surface area contributed by atoms with Gasteiger partial charge in [0.15, 0.2) is 0 Å². The van der Waals surface area contributed by atoms with Crippen molar-refractivity contribution in [3.8, 4) is 0 Å². The molecule has 1 aliphatic heterocycles. The molecule has 0 aromatic rings. The van der Waals surface area contributed by atoms with Gasteiger partial charge in [0.05, 0.1) is 0 Å². The Kier molecular flexibility index (Phi) is 20.2. The van der Waals surface area contributed by atoms with E-state index in [0.29, 0.717) is 0 Å². The maximum absolute atomic E-state index is 2.20. The predicted molar refractivity (Wildman–Crippen MR) is 125 cm³/mol. The highest BCUT2D eigenvalue weighted by atomic mass is 32.2. The maximum atomic E-state index is 2.20. The van der Waals surface area contributed by atoms with Crippen LogP contribution in [-0.2, 0) is 0 Å². The van der Waals surface area contributed by atoms with Gasteiger partial charge >= 0.3 is 0 Å². The second kappa shape index (κ2) is 20.7. The van der Waals surface area contributed by atoms with E-state index in [1.807, 2.05) is 0 Å². The van der Waals surface area contributed by atoms with Gasteiger partial charge < -0.3 is 0 Å². The molecule has 0 radical (unpaired) electrons. The second-order valence-corrected chi connectivity index (χ2v) is 11.6. The molecule has 1 aliphatic rings. The van der Waals surface area contributed by atoms with E-state index in [2.05, 4.69) is 47.0 Å². The van der Waals surface area contributed by atoms with Gasteiger partial charge in [-0.05, 0) is 97.4 Å². The Morgan fingerprint density at radius 3 is 0.542 bits per heavy atom. The van der Waals surface area contributed by atoms with Crippen LogP contribution in [-0.4, -0.2) is 46.0 Å². The lowest BCUT2D eigenvalue weighted by Crippen LogP contribution is -1.91. The molecular formula is C20H40S4. The van der Waals surface area contributed by atoms with Gasteiger partial charge in [0.1, 0.15) is 0 Å². The quantitative estimate of drug-likeness (QED) is 0.404. The largest absolute Gasteiger partial charge is 0.162 e. The lowest BCUT2D eigenvalue weighted by molar-refractivity contribution is 0.765. The third kappa shape index (κ3) is 18.2. The van der Waals surface area contributed by atoms with Gasteiger partial charge in [0.2, 0.25) is 0 Å². The van der Waals surface area contributed by atoms with E-state index in [1.165, 1.54) is 123 Å². The van der Waals surface area contributed by atoms with Crippen molar-refractivity contribution in [2.45, 2.75) is 77.0 Å². The minimum Gasteiger partial charge on any atom is -0.162 e. The summed E-state index contributed by atoms with van der Waals surface area (Å²) in [5.41, 5.74) is 0. The number of hydrogen-bond donors (Lipinski definition) is 0. The number of thioether (sulfide) groups is 4. The van der Waals surface area contributed by atoms with Crippen molar-refractivity contribution in [2.24, 2.45) is 0 Å². The van der Waals surface area contributed by atoms with E-state index >= 15 is 0 Å². The molecule has 0 aromatic carbocycles. The Labute approximate surface area is 169 Å². The molecule has 0 nitrogen and oxygen atoms in total. The standard InChI is InChI=1S/C20H40S4/c1-5-13-21-15-7-2-9-17-23-19-11-4-12-20-24-18-10-3-8-16-22-14-6-1/h1-20H2. The Bertz CT molecular complexity index is 126. The Balaban J connectivity index is 2.00. The molecule has 0 saturated carbocycles. The fourth-order valence-electron chi connectivity index (χ4n) is 2.75. The molecule has 1 heterocycles. The van der Waals surface area contributed by atoms with Crippen LogP contribution >= 0.6 is 47.0 Å². The molecule has 1 fully saturated rings. The molecule has 1 saturated heterocycles. The van der Waals surface area contributed by atoms with Crippen LogP contribution in [0.15, 0.2) is 0 Å². The Morgan fingerprint density at radius 1 is 0.208 bits per heavy atom. The van der Waals surface area contributed by atoms with Crippen LogP contribution < -0.4 is 0 Å². The minimum absolute atomic E-state index is 1.40. The van der Waals surface area contributed by atoms with Crippen molar-refractivity contribution in [1.29, 1.82) is 0 Å². The molecule has 0 atom stereocenters. The van der Waals surface area contributed by atoms with Gasteiger partial charge in [-0.1, -0.05) is 25.7 Å². The van der Waals surface area contributed by atoms with E-state index in [1.54, 1.807) is 0 Å². The van der Waals surface area contributed by atoms with Gasteiger partial charge in [0.25, 0.3) is 0 Å². The molecule has 0 aliphatic carbocycles. The molecule has 24 heavy (non-hydrogen) atoms. The fourth-order valence-corrected chi connectivity index (χ4v) is 6.83. The van der Waals surface area contributed by atoms with Crippen LogP contribution in [0.3, 0.4) is 0 Å². The summed E-state index contributed by atoms with van der Waals surface area (Å²) in [6.45, 7) is 0. The van der Waals surface area contributed by atoms with Crippen LogP contribution in [0.2, 0.25) is 0 Å². The minimum atomic E-state index is 1.40. The van der Waals surface area contributed by atoms with Gasteiger partial charge in [-0.3, -0.25) is 0 Å². The monoisotopic (exact) mass is 408 g/mol. The van der Waals surface area contributed by atoms with E-state index in [9.17, 15) is 0 Å². The van der Waals surface area contributed by atoms with Crippen LogP contribution in [0.1, 0.15) is 77.0 Å². The van der Waals surface area contributed by atoms with Crippen molar-refractivity contribution >= 4 is 47.0 Å². The molecule has 0 unspecified atom stereocenters. The van der Waals surface area contributed by atoms with Crippen LogP contribution in [0, 0.1) is 0 Å². The van der Waals surface area contributed by atoms with Gasteiger partial charge in [-0.25, -0.2) is 0 Å². The zero-order chi connectivity index (χ0) is 17.0. The normalized spacial score (nSPS) is 24.0. The van der Waals surface area contributed by atoms with Gasteiger partial charge in [0, 0.05) is 0 Å². The first kappa shape index (κ1) is 23.4. The van der Waals surface area contributed by atoms with Crippen molar-refractivity contribution in [3.63, 3.8) is 0 Å². The average molecular weight is 409 g/mol. The molecule has 144 valence electrons. The van der Waals surface area contributed by atoms with E-state index < -0.39 is 0 Å². The van der Waals surface area contributed by atoms with E-state index in [0.717, 1.165) is 0 Å². The number of hydrogen-bond acceptors (Lipinski definition) is 4. The highest BCUT2D eigenvalue weighted by Gasteiger charge is 1.97. The highest BCUT2D eigenvalue weighted by molar-refractivity contribution is 7.99. The SMILES string of the molecule is C1CCSCCCCCSCCCCCSCCCCCSCC1. The second-order valence-electron chi connectivity index (χ2n) is 6.69. The van der Waals surface area contributed by atoms with Crippen molar-refractivity contribution in [3.05, 3.63) is 0 Å². The smallest absolute Gasteiger partial charge is 0.00675 e. The van der Waals surface area contributed by atoms with Crippen molar-refractivity contribution in [1.82, 2.24) is 0 Å². The topological polar surface area (TPSA) is 0 Å². The summed E-state index contributed by atoms with van der Waals surface area (Å²) in [4.78, 5) is 0. The zero-order valence-electron chi connectivity index (χ0n) is 15.8. The third-order valence-corrected chi connectivity index (χ3v) is 8.93. The van der Waals surface area contributed by atoms with Crippen molar-refractivity contribution in [2.75, 3.05) is 46.0 Å². The maximum Gasteiger partial charge on any atom is -0.00675 e. The first-order valence-corrected chi connectivity index (χ1v) is 14.9. The number of rotatable bonds is 0. The molecule has 4 heteroatoms. The third-order valence-electron chi connectivity index (χ3n) is 4.31. The van der Waals surface area contributed by atoms with Crippen molar-refractivity contribution < 1.29 is 0 Å².